The van der Waals surface area contributed by atoms with E-state index in [2.05, 4.69) is 0 Å². The van der Waals surface area contributed by atoms with Crippen molar-refractivity contribution in [2.75, 3.05) is 0 Å². The molecule has 0 bridgehead atoms. The molecule has 1 aromatic rings. The molecule has 0 aliphatic carbocycles. The lowest BCUT2D eigenvalue weighted by molar-refractivity contribution is -0.284. The first-order valence-corrected chi connectivity index (χ1v) is 5.87. The highest BCUT2D eigenvalue weighted by Gasteiger charge is 2.60. The normalized spacial score (nSPS) is 14.8. The Hall–Kier alpha value is -0.910. The quantitative estimate of drug-likeness (QED) is 0.527. The molecular weight excluding hydrogens is 294 g/mol. The molecule has 0 aliphatic heterocycles. The molecule has 108 valence electrons. The summed E-state index contributed by atoms with van der Waals surface area (Å²) >= 11 is 5.40. The van der Waals surface area contributed by atoms with E-state index in [9.17, 15) is 26.3 Å². The van der Waals surface area contributed by atoms with Gasteiger partial charge in [-0.05, 0) is 17.5 Å². The molecule has 1 rings (SSSR count). The summed E-state index contributed by atoms with van der Waals surface area (Å²) in [5.41, 5.74) is 0.613. The predicted molar refractivity (Wildman–Crippen MR) is 60.0 cm³/mol. The highest BCUT2D eigenvalue weighted by molar-refractivity contribution is 6.21. The maximum absolute atomic E-state index is 12.5. The van der Waals surface area contributed by atoms with Gasteiger partial charge in [-0.2, -0.15) is 26.3 Å². The van der Waals surface area contributed by atoms with E-state index in [0.29, 0.717) is 6.42 Å². The Morgan fingerprint density at radius 3 is 1.68 bits per heavy atom. The molecule has 1 unspecified atom stereocenters. The highest BCUT2D eigenvalue weighted by Crippen LogP contribution is 2.49. The first-order chi connectivity index (χ1) is 8.57. The van der Waals surface area contributed by atoms with Gasteiger partial charge < -0.3 is 0 Å². The third-order valence-corrected chi connectivity index (χ3v) is 3.21. The van der Waals surface area contributed by atoms with Gasteiger partial charge in [0, 0.05) is 0 Å². The second-order valence-electron chi connectivity index (χ2n) is 4.06. The molecule has 0 aromatic heterocycles. The second kappa shape index (κ2) is 5.61. The standard InChI is InChI=1S/C12H11ClF6/c1-2-7-3-5-8(6-4-7)9(13)10(11(14,15)16)12(17,18)19/h3-6,9-10H,2H2,1H3. The molecular formula is C12H11ClF6. The van der Waals surface area contributed by atoms with Crippen molar-refractivity contribution in [3.63, 3.8) is 0 Å². The summed E-state index contributed by atoms with van der Waals surface area (Å²) < 4.78 is 75.0. The maximum Gasteiger partial charge on any atom is 0.402 e. The molecule has 0 saturated carbocycles. The molecule has 0 amide bonds. The van der Waals surface area contributed by atoms with E-state index < -0.39 is 23.6 Å². The van der Waals surface area contributed by atoms with Gasteiger partial charge in [0.15, 0.2) is 5.92 Å². The third kappa shape index (κ3) is 4.03. The Labute approximate surface area is 111 Å². The highest BCUT2D eigenvalue weighted by atomic mass is 35.5. The van der Waals surface area contributed by atoms with E-state index in [1.165, 1.54) is 24.3 Å². The zero-order valence-corrected chi connectivity index (χ0v) is 10.6. The molecule has 0 N–H and O–H groups in total. The van der Waals surface area contributed by atoms with Crippen LogP contribution in [0.3, 0.4) is 0 Å². The molecule has 0 nitrogen and oxygen atoms in total. The van der Waals surface area contributed by atoms with Crippen LogP contribution in [0.2, 0.25) is 0 Å². The van der Waals surface area contributed by atoms with Crippen LogP contribution in [0.4, 0.5) is 26.3 Å². The molecule has 0 spiro atoms. The Morgan fingerprint density at radius 2 is 1.37 bits per heavy atom. The SMILES string of the molecule is CCc1ccc(C(Cl)C(C(F)(F)F)C(F)(F)F)cc1. The fraction of sp³-hybridized carbons (Fsp3) is 0.500. The number of benzene rings is 1. The van der Waals surface area contributed by atoms with Crippen LogP contribution in [-0.4, -0.2) is 12.4 Å². The van der Waals surface area contributed by atoms with Crippen LogP contribution in [-0.2, 0) is 6.42 Å². The minimum absolute atomic E-state index is 0.196. The first kappa shape index (κ1) is 16.1. The van der Waals surface area contributed by atoms with E-state index >= 15 is 0 Å². The van der Waals surface area contributed by atoms with Crippen LogP contribution >= 0.6 is 11.6 Å². The van der Waals surface area contributed by atoms with Gasteiger partial charge in [0.1, 0.15) is 0 Å². The third-order valence-electron chi connectivity index (χ3n) is 2.70. The van der Waals surface area contributed by atoms with Crippen molar-refractivity contribution in [3.05, 3.63) is 35.4 Å². The lowest BCUT2D eigenvalue weighted by atomic mass is 9.96. The number of halogens is 7. The average molecular weight is 305 g/mol. The van der Waals surface area contributed by atoms with Crippen molar-refractivity contribution in [2.24, 2.45) is 5.92 Å². The summed E-state index contributed by atoms with van der Waals surface area (Å²) in [6.45, 7) is 1.82. The van der Waals surface area contributed by atoms with Crippen LogP contribution in [0.1, 0.15) is 23.4 Å². The molecule has 0 radical (unpaired) electrons. The van der Waals surface area contributed by atoms with Gasteiger partial charge in [0.25, 0.3) is 0 Å². The molecule has 7 heteroatoms. The van der Waals surface area contributed by atoms with Gasteiger partial charge in [0.2, 0.25) is 0 Å². The molecule has 0 aliphatic rings. The van der Waals surface area contributed by atoms with Crippen LogP contribution in [0, 0.1) is 5.92 Å². The second-order valence-corrected chi connectivity index (χ2v) is 4.53. The summed E-state index contributed by atoms with van der Waals surface area (Å²) in [5.74, 6) is -3.57. The molecule has 0 heterocycles. The Balaban J connectivity index is 3.09. The van der Waals surface area contributed by atoms with Crippen molar-refractivity contribution in [3.8, 4) is 0 Å². The van der Waals surface area contributed by atoms with Crippen molar-refractivity contribution < 1.29 is 26.3 Å². The largest absolute Gasteiger partial charge is 0.402 e. The van der Waals surface area contributed by atoms with Crippen LogP contribution in [0.5, 0.6) is 0 Å². The number of rotatable bonds is 3. The molecule has 1 atom stereocenters. The Bertz CT molecular complexity index is 392. The lowest BCUT2D eigenvalue weighted by Gasteiger charge is -2.27. The smallest absolute Gasteiger partial charge is 0.170 e. The van der Waals surface area contributed by atoms with Crippen LogP contribution < -0.4 is 0 Å². The van der Waals surface area contributed by atoms with Gasteiger partial charge in [-0.3, -0.25) is 0 Å². The molecule has 0 saturated heterocycles. The van der Waals surface area contributed by atoms with Gasteiger partial charge in [-0.25, -0.2) is 0 Å². The Kier molecular flexibility index (Phi) is 4.76. The maximum atomic E-state index is 12.5. The molecule has 0 fully saturated rings. The zero-order chi connectivity index (χ0) is 14.8. The molecule has 1 aromatic carbocycles. The molecule has 19 heavy (non-hydrogen) atoms. The van der Waals surface area contributed by atoms with E-state index in [-0.39, 0.29) is 5.56 Å². The van der Waals surface area contributed by atoms with Gasteiger partial charge in [-0.15, -0.1) is 11.6 Å². The van der Waals surface area contributed by atoms with Crippen LogP contribution in [0.15, 0.2) is 24.3 Å². The van der Waals surface area contributed by atoms with E-state index in [0.717, 1.165) is 5.56 Å². The van der Waals surface area contributed by atoms with Gasteiger partial charge in [-0.1, -0.05) is 31.2 Å². The van der Waals surface area contributed by atoms with Crippen LogP contribution in [0.25, 0.3) is 0 Å². The lowest BCUT2D eigenvalue weighted by Crippen LogP contribution is -2.39. The number of hydrogen-bond donors (Lipinski definition) is 0. The topological polar surface area (TPSA) is 0 Å². The van der Waals surface area contributed by atoms with Crippen molar-refractivity contribution in [1.29, 1.82) is 0 Å². The van der Waals surface area contributed by atoms with Crippen molar-refractivity contribution in [2.45, 2.75) is 31.1 Å². The summed E-state index contributed by atoms with van der Waals surface area (Å²) in [5, 5.41) is -2.19. The zero-order valence-electron chi connectivity index (χ0n) is 9.82. The van der Waals surface area contributed by atoms with Crippen molar-refractivity contribution >= 4 is 11.6 Å². The fourth-order valence-corrected chi connectivity index (χ4v) is 2.08. The summed E-state index contributed by atoms with van der Waals surface area (Å²) in [6, 6.07) is 5.32. The van der Waals surface area contributed by atoms with Gasteiger partial charge in [0.05, 0.1) is 5.38 Å². The monoisotopic (exact) mass is 304 g/mol. The minimum atomic E-state index is -5.44. The number of alkyl halides is 7. The fourth-order valence-electron chi connectivity index (χ4n) is 1.65. The Morgan fingerprint density at radius 1 is 0.947 bits per heavy atom. The first-order valence-electron chi connectivity index (χ1n) is 5.43. The minimum Gasteiger partial charge on any atom is -0.170 e. The summed E-state index contributed by atoms with van der Waals surface area (Å²) in [6.07, 6.45) is -10.2. The summed E-state index contributed by atoms with van der Waals surface area (Å²) in [4.78, 5) is 0. The number of hydrogen-bond acceptors (Lipinski definition) is 0. The number of aryl methyl sites for hydroxylation is 1. The van der Waals surface area contributed by atoms with E-state index in [1.54, 1.807) is 0 Å². The van der Waals surface area contributed by atoms with E-state index in [4.69, 9.17) is 11.6 Å². The predicted octanol–water partition coefficient (Wildman–Crippen LogP) is 5.27. The van der Waals surface area contributed by atoms with E-state index in [1.807, 2.05) is 6.92 Å². The van der Waals surface area contributed by atoms with Crippen molar-refractivity contribution in [1.82, 2.24) is 0 Å². The summed E-state index contributed by atoms with van der Waals surface area (Å²) in [7, 11) is 0. The van der Waals surface area contributed by atoms with Gasteiger partial charge >= 0.3 is 12.4 Å². The average Bonchev–Trinajstić information content (AvgIpc) is 2.25.